The number of likely N-dealkylation sites (tertiary alicyclic amines) is 1. The Morgan fingerprint density at radius 1 is 1.06 bits per heavy atom. The zero-order valence-electron chi connectivity index (χ0n) is 10.7. The fourth-order valence-electron chi connectivity index (χ4n) is 3.48. The average Bonchev–Trinajstić information content (AvgIpc) is 2.64. The van der Waals surface area contributed by atoms with E-state index in [1.807, 2.05) is 0 Å². The molecule has 3 atom stereocenters. The number of rotatable bonds is 3. The van der Waals surface area contributed by atoms with Gasteiger partial charge in [-0.25, -0.2) is 0 Å². The van der Waals surface area contributed by atoms with E-state index in [0.717, 1.165) is 19.0 Å². The first-order valence-electron chi connectivity index (χ1n) is 7.23. The van der Waals surface area contributed by atoms with E-state index in [-0.39, 0.29) is 6.10 Å². The molecule has 0 radical (unpaired) electrons. The van der Waals surface area contributed by atoms with Crippen molar-refractivity contribution < 1.29 is 5.11 Å². The van der Waals surface area contributed by atoms with Crippen molar-refractivity contribution in [2.75, 3.05) is 13.1 Å². The topological polar surface area (TPSA) is 23.5 Å². The van der Waals surface area contributed by atoms with Crippen molar-refractivity contribution in [1.82, 2.24) is 4.90 Å². The van der Waals surface area contributed by atoms with Gasteiger partial charge in [0.25, 0.3) is 0 Å². The summed E-state index contributed by atoms with van der Waals surface area (Å²) in [5.74, 6) is 0.551. The highest BCUT2D eigenvalue weighted by Crippen LogP contribution is 2.28. The van der Waals surface area contributed by atoms with Crippen molar-refractivity contribution in [3.63, 3.8) is 0 Å². The molecule has 0 spiro atoms. The van der Waals surface area contributed by atoms with Crippen molar-refractivity contribution in [1.29, 1.82) is 0 Å². The van der Waals surface area contributed by atoms with Gasteiger partial charge in [-0.2, -0.15) is 0 Å². The van der Waals surface area contributed by atoms with E-state index in [0.29, 0.717) is 5.92 Å². The van der Waals surface area contributed by atoms with Crippen LogP contribution in [0, 0.1) is 5.92 Å². The molecule has 0 bridgehead atoms. The molecule has 1 heterocycles. The van der Waals surface area contributed by atoms with Crippen LogP contribution in [0.3, 0.4) is 0 Å². The first-order valence-corrected chi connectivity index (χ1v) is 7.23. The fraction of sp³-hybridized carbons (Fsp3) is 1.00. The second kappa shape index (κ2) is 6.02. The Hall–Kier alpha value is -0.0800. The molecule has 16 heavy (non-hydrogen) atoms. The van der Waals surface area contributed by atoms with Crippen LogP contribution in [-0.2, 0) is 0 Å². The van der Waals surface area contributed by atoms with Crippen LogP contribution in [0.2, 0.25) is 0 Å². The number of nitrogens with zero attached hydrogens (tertiary/aromatic N) is 1. The van der Waals surface area contributed by atoms with Crippen molar-refractivity contribution in [2.45, 2.75) is 70.4 Å². The van der Waals surface area contributed by atoms with Crippen LogP contribution in [-0.4, -0.2) is 35.2 Å². The lowest BCUT2D eigenvalue weighted by Gasteiger charge is -2.30. The van der Waals surface area contributed by atoms with Crippen molar-refractivity contribution in [3.8, 4) is 0 Å². The number of aliphatic hydroxyl groups excluding tert-OH is 1. The van der Waals surface area contributed by atoms with Crippen LogP contribution in [0.25, 0.3) is 0 Å². The maximum absolute atomic E-state index is 10.1. The highest BCUT2D eigenvalue weighted by molar-refractivity contribution is 4.83. The molecule has 0 amide bonds. The van der Waals surface area contributed by atoms with Crippen molar-refractivity contribution in [3.05, 3.63) is 0 Å². The van der Waals surface area contributed by atoms with Gasteiger partial charge in [0.1, 0.15) is 0 Å². The molecule has 0 aromatic heterocycles. The minimum Gasteiger partial charge on any atom is -0.393 e. The summed E-state index contributed by atoms with van der Waals surface area (Å²) in [5, 5.41) is 10.1. The third-order valence-electron chi connectivity index (χ3n) is 4.56. The predicted octanol–water partition coefficient (Wildman–Crippen LogP) is 2.80. The summed E-state index contributed by atoms with van der Waals surface area (Å²) < 4.78 is 0. The highest BCUT2D eigenvalue weighted by Gasteiger charge is 2.29. The Morgan fingerprint density at radius 3 is 2.69 bits per heavy atom. The van der Waals surface area contributed by atoms with Gasteiger partial charge in [-0.3, -0.25) is 0 Å². The minimum absolute atomic E-state index is 0.0272. The fourth-order valence-corrected chi connectivity index (χ4v) is 3.48. The monoisotopic (exact) mass is 225 g/mol. The van der Waals surface area contributed by atoms with Crippen LogP contribution >= 0.6 is 0 Å². The third kappa shape index (κ3) is 2.98. The summed E-state index contributed by atoms with van der Waals surface area (Å²) in [6.07, 6.45) is 10.2. The Labute approximate surface area is 100 Å². The lowest BCUT2D eigenvalue weighted by molar-refractivity contribution is 0.0696. The maximum Gasteiger partial charge on any atom is 0.0580 e. The molecule has 2 heteroatoms. The first kappa shape index (κ1) is 12.4. The zero-order valence-corrected chi connectivity index (χ0v) is 10.7. The Balaban J connectivity index is 1.86. The van der Waals surface area contributed by atoms with E-state index in [1.165, 1.54) is 51.5 Å². The molecule has 2 fully saturated rings. The quantitative estimate of drug-likeness (QED) is 0.747. The van der Waals surface area contributed by atoms with Crippen LogP contribution in [0.15, 0.2) is 0 Å². The summed E-state index contributed by atoms with van der Waals surface area (Å²) in [6, 6.07) is 0.801. The average molecular weight is 225 g/mol. The molecule has 1 saturated carbocycles. The van der Waals surface area contributed by atoms with E-state index < -0.39 is 0 Å². The predicted molar refractivity (Wildman–Crippen MR) is 67.5 cm³/mol. The molecule has 2 nitrogen and oxygen atoms in total. The maximum atomic E-state index is 10.1. The van der Waals surface area contributed by atoms with E-state index in [9.17, 15) is 5.11 Å². The van der Waals surface area contributed by atoms with Crippen molar-refractivity contribution in [2.24, 2.45) is 5.92 Å². The largest absolute Gasteiger partial charge is 0.393 e. The van der Waals surface area contributed by atoms with Gasteiger partial charge in [-0.05, 0) is 44.6 Å². The van der Waals surface area contributed by atoms with Gasteiger partial charge in [0.05, 0.1) is 6.10 Å². The molecule has 1 aliphatic heterocycles. The van der Waals surface area contributed by atoms with Gasteiger partial charge >= 0.3 is 0 Å². The van der Waals surface area contributed by atoms with Gasteiger partial charge in [0.15, 0.2) is 0 Å². The molecule has 94 valence electrons. The van der Waals surface area contributed by atoms with E-state index >= 15 is 0 Å². The van der Waals surface area contributed by atoms with E-state index in [1.54, 1.807) is 0 Å². The molecule has 2 rings (SSSR count). The lowest BCUT2D eigenvalue weighted by Crippen LogP contribution is -2.37. The standard InChI is InChI=1S/C14H27NO/c1-2-13-8-6-10-15(13)11-12-7-4-3-5-9-14(12)16/h12-14,16H,2-11H2,1H3. The SMILES string of the molecule is CCC1CCCN1CC1CCCCCC1O. The summed E-state index contributed by atoms with van der Waals surface area (Å²) in [4.78, 5) is 2.64. The zero-order chi connectivity index (χ0) is 11.4. The molecule has 3 unspecified atom stereocenters. The summed E-state index contributed by atoms with van der Waals surface area (Å²) in [7, 11) is 0. The third-order valence-corrected chi connectivity index (χ3v) is 4.56. The first-order chi connectivity index (χ1) is 7.81. The normalized spacial score (nSPS) is 37.5. The van der Waals surface area contributed by atoms with Crippen molar-refractivity contribution >= 4 is 0 Å². The molecule has 1 N–H and O–H groups in total. The molecule has 1 saturated heterocycles. The highest BCUT2D eigenvalue weighted by atomic mass is 16.3. The van der Waals surface area contributed by atoms with Gasteiger partial charge in [-0.15, -0.1) is 0 Å². The van der Waals surface area contributed by atoms with Gasteiger partial charge in [0.2, 0.25) is 0 Å². The van der Waals surface area contributed by atoms with Crippen LogP contribution in [0.4, 0.5) is 0 Å². The molecular weight excluding hydrogens is 198 g/mol. The van der Waals surface area contributed by atoms with Crippen LogP contribution in [0.1, 0.15) is 58.3 Å². The summed E-state index contributed by atoms with van der Waals surface area (Å²) >= 11 is 0. The second-order valence-corrected chi connectivity index (χ2v) is 5.66. The molecule has 2 aliphatic rings. The summed E-state index contributed by atoms with van der Waals surface area (Å²) in [6.45, 7) is 4.72. The number of hydrogen-bond donors (Lipinski definition) is 1. The van der Waals surface area contributed by atoms with Gasteiger partial charge in [-0.1, -0.05) is 26.2 Å². The minimum atomic E-state index is -0.0272. The Bertz CT molecular complexity index is 207. The Morgan fingerprint density at radius 2 is 1.88 bits per heavy atom. The van der Waals surface area contributed by atoms with Gasteiger partial charge in [0, 0.05) is 12.6 Å². The second-order valence-electron chi connectivity index (χ2n) is 5.66. The molecule has 0 aromatic rings. The van der Waals surface area contributed by atoms with Gasteiger partial charge < -0.3 is 10.0 Å². The van der Waals surface area contributed by atoms with E-state index in [4.69, 9.17) is 0 Å². The molecular formula is C14H27NO. The number of aliphatic hydroxyl groups is 1. The van der Waals surface area contributed by atoms with E-state index in [2.05, 4.69) is 11.8 Å². The lowest BCUT2D eigenvalue weighted by atomic mass is 9.96. The Kier molecular flexibility index (Phi) is 4.66. The summed E-state index contributed by atoms with van der Waals surface area (Å²) in [5.41, 5.74) is 0. The smallest absolute Gasteiger partial charge is 0.0580 e. The molecule has 0 aromatic carbocycles. The van der Waals surface area contributed by atoms with Crippen LogP contribution < -0.4 is 0 Å². The van der Waals surface area contributed by atoms with Crippen LogP contribution in [0.5, 0.6) is 0 Å². The molecule has 1 aliphatic carbocycles. The number of hydrogen-bond acceptors (Lipinski definition) is 2.